The Morgan fingerprint density at radius 2 is 2.00 bits per heavy atom. The fourth-order valence-corrected chi connectivity index (χ4v) is 4.89. The first kappa shape index (κ1) is 24.9. The van der Waals surface area contributed by atoms with E-state index < -0.39 is 10.0 Å². The Hall–Kier alpha value is -1.37. The minimum atomic E-state index is -3.45. The highest BCUT2D eigenvalue weighted by Gasteiger charge is 2.20. The van der Waals surface area contributed by atoms with Crippen molar-refractivity contribution in [1.82, 2.24) is 15.4 Å². The maximum Gasteiger partial charge on any atom is 0.240 e. The van der Waals surface area contributed by atoms with E-state index in [1.807, 2.05) is 13.0 Å². The van der Waals surface area contributed by atoms with Crippen LogP contribution in [0.3, 0.4) is 0 Å². The van der Waals surface area contributed by atoms with E-state index in [1.54, 1.807) is 29.5 Å². The molecule has 0 bridgehead atoms. The molecule has 10 heteroatoms. The van der Waals surface area contributed by atoms with Crippen molar-refractivity contribution in [3.05, 3.63) is 47.3 Å². The van der Waals surface area contributed by atoms with Crippen LogP contribution in [0.5, 0.6) is 0 Å². The highest BCUT2D eigenvalue weighted by Crippen LogP contribution is 2.24. The molecule has 1 aliphatic rings. The van der Waals surface area contributed by atoms with Gasteiger partial charge < -0.3 is 15.5 Å². The summed E-state index contributed by atoms with van der Waals surface area (Å²) < 4.78 is 26.3. The number of anilines is 1. The Balaban J connectivity index is 0.00000320. The standard InChI is InChI=1S/C20H29N5O2S2.HI/c1-3-22-20(23-15-16-6-4-7-18(14-16)29(26,27)21-2)24-17-9-11-25(12-10-17)19-8-5-13-28-19;/h4-8,13-14,17,21H,3,9-12,15H2,1-2H3,(H2,22,23,24);1H. The van der Waals surface area contributed by atoms with Gasteiger partial charge in [0.15, 0.2) is 5.96 Å². The van der Waals surface area contributed by atoms with Gasteiger partial charge in [0.25, 0.3) is 0 Å². The Kier molecular flexibility index (Phi) is 9.85. The molecule has 2 heterocycles. The lowest BCUT2D eigenvalue weighted by Gasteiger charge is -2.33. The summed E-state index contributed by atoms with van der Waals surface area (Å²) in [5.41, 5.74) is 0.853. The molecule has 3 rings (SSSR count). The Labute approximate surface area is 200 Å². The second-order valence-corrected chi connectivity index (χ2v) is 9.72. The zero-order valence-corrected chi connectivity index (χ0v) is 21.3. The normalized spacial score (nSPS) is 15.5. The number of rotatable bonds is 7. The predicted octanol–water partition coefficient (Wildman–Crippen LogP) is 3.00. The Bertz CT molecular complexity index is 911. The summed E-state index contributed by atoms with van der Waals surface area (Å²) in [5.74, 6) is 0.768. The van der Waals surface area contributed by atoms with Gasteiger partial charge >= 0.3 is 0 Å². The van der Waals surface area contributed by atoms with E-state index >= 15 is 0 Å². The van der Waals surface area contributed by atoms with Crippen LogP contribution in [-0.4, -0.2) is 47.1 Å². The second kappa shape index (κ2) is 11.9. The molecule has 1 aromatic heterocycles. The van der Waals surface area contributed by atoms with Crippen LogP contribution in [-0.2, 0) is 16.6 Å². The van der Waals surface area contributed by atoms with E-state index in [4.69, 9.17) is 0 Å². The zero-order chi connectivity index (χ0) is 20.7. The lowest BCUT2D eigenvalue weighted by atomic mass is 10.1. The molecule has 2 aromatic rings. The number of benzene rings is 1. The molecule has 1 saturated heterocycles. The molecular formula is C20H30IN5O2S2. The molecule has 1 fully saturated rings. The van der Waals surface area contributed by atoms with Crippen molar-refractivity contribution in [2.45, 2.75) is 37.2 Å². The van der Waals surface area contributed by atoms with Gasteiger partial charge in [-0.3, -0.25) is 0 Å². The van der Waals surface area contributed by atoms with Gasteiger partial charge in [0.2, 0.25) is 10.0 Å². The van der Waals surface area contributed by atoms with Crippen molar-refractivity contribution in [3.63, 3.8) is 0 Å². The third kappa shape index (κ3) is 6.82. The smallest absolute Gasteiger partial charge is 0.240 e. The first-order valence-corrected chi connectivity index (χ1v) is 12.2. The molecule has 0 amide bonds. The minimum Gasteiger partial charge on any atom is -0.363 e. The number of nitrogens with zero attached hydrogens (tertiary/aromatic N) is 2. The van der Waals surface area contributed by atoms with Gasteiger partial charge in [-0.2, -0.15) is 0 Å². The van der Waals surface area contributed by atoms with E-state index in [1.165, 1.54) is 12.0 Å². The summed E-state index contributed by atoms with van der Waals surface area (Å²) in [6.07, 6.45) is 2.11. The Morgan fingerprint density at radius 3 is 2.63 bits per heavy atom. The Morgan fingerprint density at radius 1 is 1.23 bits per heavy atom. The van der Waals surface area contributed by atoms with Crippen LogP contribution in [0.4, 0.5) is 5.00 Å². The van der Waals surface area contributed by atoms with Gasteiger partial charge in [-0.1, -0.05) is 12.1 Å². The first-order chi connectivity index (χ1) is 14.0. The third-order valence-electron chi connectivity index (χ3n) is 4.90. The summed E-state index contributed by atoms with van der Waals surface area (Å²) in [6.45, 7) is 5.28. The molecule has 0 spiro atoms. The number of aliphatic imine (C=N–C) groups is 1. The number of sulfonamides is 1. The van der Waals surface area contributed by atoms with Gasteiger partial charge in [-0.15, -0.1) is 35.3 Å². The average molecular weight is 564 g/mol. The van der Waals surface area contributed by atoms with Gasteiger partial charge in [0.05, 0.1) is 16.4 Å². The number of nitrogens with one attached hydrogen (secondary N) is 3. The van der Waals surface area contributed by atoms with Gasteiger partial charge in [-0.25, -0.2) is 18.1 Å². The van der Waals surface area contributed by atoms with Crippen molar-refractivity contribution < 1.29 is 8.42 Å². The second-order valence-electron chi connectivity index (χ2n) is 6.91. The molecular weight excluding hydrogens is 533 g/mol. The predicted molar refractivity (Wildman–Crippen MR) is 136 cm³/mol. The van der Waals surface area contributed by atoms with Crippen LogP contribution in [0.15, 0.2) is 51.7 Å². The van der Waals surface area contributed by atoms with Gasteiger partial charge in [-0.05, 0) is 62.0 Å². The van der Waals surface area contributed by atoms with Crippen molar-refractivity contribution in [1.29, 1.82) is 0 Å². The molecule has 0 saturated carbocycles. The van der Waals surface area contributed by atoms with Crippen molar-refractivity contribution >= 4 is 56.3 Å². The lowest BCUT2D eigenvalue weighted by Crippen LogP contribution is -2.48. The molecule has 0 aliphatic carbocycles. The maximum atomic E-state index is 12.0. The fraction of sp³-hybridized carbons (Fsp3) is 0.450. The molecule has 30 heavy (non-hydrogen) atoms. The van der Waals surface area contributed by atoms with E-state index in [-0.39, 0.29) is 28.9 Å². The molecule has 0 unspecified atom stereocenters. The summed E-state index contributed by atoms with van der Waals surface area (Å²) in [5, 5.41) is 10.3. The van der Waals surface area contributed by atoms with Crippen LogP contribution in [0.2, 0.25) is 0 Å². The number of hydrogen-bond acceptors (Lipinski definition) is 5. The maximum absolute atomic E-state index is 12.0. The van der Waals surface area contributed by atoms with Crippen LogP contribution in [0.1, 0.15) is 25.3 Å². The van der Waals surface area contributed by atoms with Crippen LogP contribution >= 0.6 is 35.3 Å². The SMILES string of the molecule is CCNC(=NCc1cccc(S(=O)(=O)NC)c1)NC1CCN(c2cccs2)CC1.I. The quantitative estimate of drug-likeness (QED) is 0.274. The summed E-state index contributed by atoms with van der Waals surface area (Å²) in [7, 11) is -2.04. The number of thiophene rings is 1. The van der Waals surface area contributed by atoms with E-state index in [0.717, 1.165) is 44.0 Å². The monoisotopic (exact) mass is 563 g/mol. The molecule has 0 atom stereocenters. The van der Waals surface area contributed by atoms with Crippen LogP contribution in [0.25, 0.3) is 0 Å². The van der Waals surface area contributed by atoms with Gasteiger partial charge in [0.1, 0.15) is 0 Å². The van der Waals surface area contributed by atoms with Crippen molar-refractivity contribution in [3.8, 4) is 0 Å². The van der Waals surface area contributed by atoms with Crippen molar-refractivity contribution in [2.24, 2.45) is 4.99 Å². The van der Waals surface area contributed by atoms with Crippen molar-refractivity contribution in [2.75, 3.05) is 31.6 Å². The fourth-order valence-electron chi connectivity index (χ4n) is 3.31. The zero-order valence-electron chi connectivity index (χ0n) is 17.3. The largest absolute Gasteiger partial charge is 0.363 e. The number of guanidine groups is 1. The van der Waals surface area contributed by atoms with Crippen LogP contribution in [0, 0.1) is 0 Å². The van der Waals surface area contributed by atoms with E-state index in [9.17, 15) is 8.42 Å². The highest BCUT2D eigenvalue weighted by molar-refractivity contribution is 14.0. The van der Waals surface area contributed by atoms with E-state index in [0.29, 0.717) is 12.6 Å². The van der Waals surface area contributed by atoms with Crippen LogP contribution < -0.4 is 20.3 Å². The number of halogens is 1. The molecule has 1 aliphatic heterocycles. The number of piperidine rings is 1. The highest BCUT2D eigenvalue weighted by atomic mass is 127. The van der Waals surface area contributed by atoms with E-state index in [2.05, 4.69) is 42.8 Å². The minimum absolute atomic E-state index is 0. The molecule has 0 radical (unpaired) electrons. The molecule has 7 nitrogen and oxygen atoms in total. The lowest BCUT2D eigenvalue weighted by molar-refractivity contribution is 0.463. The summed E-state index contributed by atoms with van der Waals surface area (Å²) >= 11 is 1.79. The topological polar surface area (TPSA) is 85.8 Å². The molecule has 3 N–H and O–H groups in total. The molecule has 166 valence electrons. The first-order valence-electron chi connectivity index (χ1n) is 9.87. The number of hydrogen-bond donors (Lipinski definition) is 3. The summed E-state index contributed by atoms with van der Waals surface area (Å²) in [4.78, 5) is 7.35. The third-order valence-corrected chi connectivity index (χ3v) is 7.24. The molecule has 1 aromatic carbocycles. The average Bonchev–Trinajstić information content (AvgIpc) is 3.28. The van der Waals surface area contributed by atoms with Gasteiger partial charge in [0, 0.05) is 25.7 Å². The summed E-state index contributed by atoms with van der Waals surface area (Å²) in [6, 6.07) is 11.5.